The predicted octanol–water partition coefficient (Wildman–Crippen LogP) is -0.575. The molecule has 0 spiro atoms. The van der Waals surface area contributed by atoms with E-state index in [4.69, 9.17) is 4.74 Å². The number of nitrogens with one attached hydrogen (secondary N) is 1. The number of aromatic nitrogens is 2. The first-order chi connectivity index (χ1) is 8.50. The zero-order valence-electron chi connectivity index (χ0n) is 10.4. The van der Waals surface area contributed by atoms with Crippen molar-refractivity contribution in [2.75, 3.05) is 19.8 Å². The summed E-state index contributed by atoms with van der Waals surface area (Å²) in [6.45, 7) is 4.04. The fraction of sp³-hybridized carbons (Fsp3) is 0.545. The maximum absolute atomic E-state index is 11.4. The van der Waals surface area contributed by atoms with Gasteiger partial charge in [-0.2, -0.15) is 0 Å². The number of aryl methyl sites for hydroxylation is 1. The van der Waals surface area contributed by atoms with Crippen molar-refractivity contribution in [3.63, 3.8) is 0 Å². The van der Waals surface area contributed by atoms with Gasteiger partial charge in [0.05, 0.1) is 19.8 Å². The first kappa shape index (κ1) is 14.2. The number of carbonyl (C=O) groups is 1. The molecular formula is C11H16N2O5. The van der Waals surface area contributed by atoms with E-state index in [-0.39, 0.29) is 24.7 Å². The average molecular weight is 256 g/mol. The van der Waals surface area contributed by atoms with Gasteiger partial charge in [0, 0.05) is 18.7 Å². The standard InChI is InChI=1S/C11H16N2O5/c1-8-7-13(11(16)12-10(8)15)3-4-17-5-6-18-9(2)14/h7H,3-6H2,1-2H3,(H,12,15,16). The van der Waals surface area contributed by atoms with Crippen molar-refractivity contribution in [3.05, 3.63) is 32.6 Å². The summed E-state index contributed by atoms with van der Waals surface area (Å²) < 4.78 is 11.2. The molecule has 1 aromatic heterocycles. The van der Waals surface area contributed by atoms with Gasteiger partial charge in [0.25, 0.3) is 5.56 Å². The normalized spacial score (nSPS) is 10.3. The molecule has 0 unspecified atom stereocenters. The lowest BCUT2D eigenvalue weighted by molar-refractivity contribution is -0.142. The van der Waals surface area contributed by atoms with Crippen LogP contribution < -0.4 is 11.2 Å². The monoisotopic (exact) mass is 256 g/mol. The Hall–Kier alpha value is -1.89. The van der Waals surface area contributed by atoms with Crippen LogP contribution in [0, 0.1) is 6.92 Å². The summed E-state index contributed by atoms with van der Waals surface area (Å²) >= 11 is 0. The van der Waals surface area contributed by atoms with Gasteiger partial charge in [-0.25, -0.2) is 4.79 Å². The van der Waals surface area contributed by atoms with E-state index in [0.29, 0.717) is 18.7 Å². The van der Waals surface area contributed by atoms with E-state index in [1.807, 2.05) is 0 Å². The Labute approximate surface area is 103 Å². The highest BCUT2D eigenvalue weighted by Gasteiger charge is 2.00. The second kappa shape index (κ2) is 6.75. The van der Waals surface area contributed by atoms with Gasteiger partial charge in [0.2, 0.25) is 0 Å². The second-order valence-corrected chi connectivity index (χ2v) is 3.72. The first-order valence-corrected chi connectivity index (χ1v) is 5.52. The van der Waals surface area contributed by atoms with Crippen LogP contribution in [0.15, 0.2) is 15.8 Å². The number of hydrogen-bond donors (Lipinski definition) is 1. The van der Waals surface area contributed by atoms with E-state index in [0.717, 1.165) is 0 Å². The van der Waals surface area contributed by atoms with Gasteiger partial charge in [-0.05, 0) is 6.92 Å². The number of nitrogens with zero attached hydrogens (tertiary/aromatic N) is 1. The summed E-state index contributed by atoms with van der Waals surface area (Å²) in [7, 11) is 0. The fourth-order valence-corrected chi connectivity index (χ4v) is 1.29. The van der Waals surface area contributed by atoms with Crippen LogP contribution in [0.4, 0.5) is 0 Å². The highest BCUT2D eigenvalue weighted by molar-refractivity contribution is 5.65. The zero-order valence-corrected chi connectivity index (χ0v) is 10.4. The van der Waals surface area contributed by atoms with E-state index in [1.165, 1.54) is 17.7 Å². The molecule has 1 heterocycles. The van der Waals surface area contributed by atoms with Crippen molar-refractivity contribution in [1.82, 2.24) is 9.55 Å². The molecule has 0 amide bonds. The number of ether oxygens (including phenoxy) is 2. The number of aromatic amines is 1. The van der Waals surface area contributed by atoms with Crippen molar-refractivity contribution < 1.29 is 14.3 Å². The summed E-state index contributed by atoms with van der Waals surface area (Å²) in [5.41, 5.74) is -0.379. The third-order valence-electron chi connectivity index (χ3n) is 2.20. The molecular weight excluding hydrogens is 240 g/mol. The van der Waals surface area contributed by atoms with Crippen LogP contribution in [0.5, 0.6) is 0 Å². The Balaban J connectivity index is 2.36. The quantitative estimate of drug-likeness (QED) is 0.543. The van der Waals surface area contributed by atoms with Crippen LogP contribution in [-0.4, -0.2) is 35.3 Å². The molecule has 0 fully saturated rings. The molecule has 7 heteroatoms. The molecule has 0 atom stereocenters. The van der Waals surface area contributed by atoms with Gasteiger partial charge < -0.3 is 9.47 Å². The summed E-state index contributed by atoms with van der Waals surface area (Å²) in [6, 6.07) is 0. The van der Waals surface area contributed by atoms with Crippen LogP contribution >= 0.6 is 0 Å². The molecule has 7 nitrogen and oxygen atoms in total. The first-order valence-electron chi connectivity index (χ1n) is 5.52. The third-order valence-corrected chi connectivity index (χ3v) is 2.20. The molecule has 1 N–H and O–H groups in total. The van der Waals surface area contributed by atoms with E-state index in [9.17, 15) is 14.4 Å². The summed E-state index contributed by atoms with van der Waals surface area (Å²) in [5, 5.41) is 0. The van der Waals surface area contributed by atoms with Crippen LogP contribution in [0.1, 0.15) is 12.5 Å². The maximum atomic E-state index is 11.4. The minimum absolute atomic E-state index is 0.189. The molecule has 0 aliphatic rings. The molecule has 100 valence electrons. The number of esters is 1. The predicted molar refractivity (Wildman–Crippen MR) is 63.5 cm³/mol. The Bertz CT molecular complexity index is 517. The minimum atomic E-state index is -0.464. The molecule has 0 saturated carbocycles. The Morgan fingerprint density at radius 3 is 2.72 bits per heavy atom. The Morgan fingerprint density at radius 1 is 1.33 bits per heavy atom. The lowest BCUT2D eigenvalue weighted by Gasteiger charge is -2.07. The molecule has 0 aliphatic heterocycles. The van der Waals surface area contributed by atoms with E-state index in [2.05, 4.69) is 9.72 Å². The van der Waals surface area contributed by atoms with Gasteiger partial charge in [0.1, 0.15) is 6.61 Å². The molecule has 0 aromatic carbocycles. The van der Waals surface area contributed by atoms with Gasteiger partial charge in [-0.3, -0.25) is 19.1 Å². The third kappa shape index (κ3) is 4.54. The molecule has 0 saturated heterocycles. The van der Waals surface area contributed by atoms with Crippen molar-refractivity contribution in [3.8, 4) is 0 Å². The van der Waals surface area contributed by atoms with Gasteiger partial charge in [-0.15, -0.1) is 0 Å². The minimum Gasteiger partial charge on any atom is -0.463 e. The smallest absolute Gasteiger partial charge is 0.328 e. The van der Waals surface area contributed by atoms with Gasteiger partial charge in [-0.1, -0.05) is 0 Å². The highest BCUT2D eigenvalue weighted by atomic mass is 16.6. The zero-order chi connectivity index (χ0) is 13.5. The SMILES string of the molecule is CC(=O)OCCOCCn1cc(C)c(=O)[nH]c1=O. The molecule has 0 bridgehead atoms. The highest BCUT2D eigenvalue weighted by Crippen LogP contribution is 1.86. The molecule has 0 radical (unpaired) electrons. The van der Waals surface area contributed by atoms with E-state index >= 15 is 0 Å². The number of rotatable bonds is 6. The largest absolute Gasteiger partial charge is 0.463 e. The lowest BCUT2D eigenvalue weighted by atomic mass is 10.4. The van der Waals surface area contributed by atoms with Crippen LogP contribution in [-0.2, 0) is 20.8 Å². The average Bonchev–Trinajstić information content (AvgIpc) is 2.29. The lowest BCUT2D eigenvalue weighted by Crippen LogP contribution is -2.31. The van der Waals surface area contributed by atoms with Crippen molar-refractivity contribution in [2.45, 2.75) is 20.4 Å². The number of carbonyl (C=O) groups excluding carboxylic acids is 1. The van der Waals surface area contributed by atoms with E-state index in [1.54, 1.807) is 6.92 Å². The van der Waals surface area contributed by atoms with Crippen LogP contribution in [0.25, 0.3) is 0 Å². The second-order valence-electron chi connectivity index (χ2n) is 3.72. The Kier molecular flexibility index (Phi) is 5.31. The Morgan fingerprint density at radius 2 is 2.06 bits per heavy atom. The maximum Gasteiger partial charge on any atom is 0.328 e. The van der Waals surface area contributed by atoms with Crippen molar-refractivity contribution >= 4 is 5.97 Å². The molecule has 1 aromatic rings. The fourth-order valence-electron chi connectivity index (χ4n) is 1.29. The van der Waals surface area contributed by atoms with Crippen molar-refractivity contribution in [2.24, 2.45) is 0 Å². The molecule has 18 heavy (non-hydrogen) atoms. The van der Waals surface area contributed by atoms with Crippen molar-refractivity contribution in [1.29, 1.82) is 0 Å². The molecule has 1 rings (SSSR count). The van der Waals surface area contributed by atoms with Gasteiger partial charge in [0.15, 0.2) is 0 Å². The summed E-state index contributed by atoms with van der Waals surface area (Å²) in [4.78, 5) is 35.2. The number of H-pyrrole nitrogens is 1. The molecule has 0 aliphatic carbocycles. The van der Waals surface area contributed by atoms with Crippen LogP contribution in [0.2, 0.25) is 0 Å². The topological polar surface area (TPSA) is 90.4 Å². The number of hydrogen-bond acceptors (Lipinski definition) is 5. The van der Waals surface area contributed by atoms with Gasteiger partial charge >= 0.3 is 11.7 Å². The summed E-state index contributed by atoms with van der Waals surface area (Å²) in [6.07, 6.45) is 1.48. The van der Waals surface area contributed by atoms with Crippen LogP contribution in [0.3, 0.4) is 0 Å². The summed E-state index contributed by atoms with van der Waals surface area (Å²) in [5.74, 6) is -0.355. The van der Waals surface area contributed by atoms with E-state index < -0.39 is 5.69 Å².